The molecule has 0 unspecified atom stereocenters. The van der Waals surface area contributed by atoms with Gasteiger partial charge in [0.1, 0.15) is 18.2 Å². The van der Waals surface area contributed by atoms with Crippen LogP contribution < -0.4 is 20.7 Å². The van der Waals surface area contributed by atoms with Gasteiger partial charge in [-0.25, -0.2) is 4.39 Å². The number of hydrogen-bond acceptors (Lipinski definition) is 5. The number of thiocarbonyl (C=S) groups is 1. The maximum Gasteiger partial charge on any atom is 0.257 e. The third-order valence-electron chi connectivity index (χ3n) is 4.45. The second kappa shape index (κ2) is 12.2. The molecule has 7 nitrogen and oxygen atoms in total. The van der Waals surface area contributed by atoms with Gasteiger partial charge in [-0.3, -0.25) is 14.9 Å². The molecule has 34 heavy (non-hydrogen) atoms. The monoisotopic (exact) mass is 545 g/mol. The van der Waals surface area contributed by atoms with Crippen LogP contribution in [0.4, 0.5) is 15.8 Å². The van der Waals surface area contributed by atoms with Crippen LogP contribution in [0, 0.1) is 5.82 Å². The minimum absolute atomic E-state index is 0.0673. The third-order valence-corrected chi connectivity index (χ3v) is 5.27. The zero-order valence-corrected chi connectivity index (χ0v) is 20.5. The normalized spacial score (nSPS) is 10.3. The summed E-state index contributed by atoms with van der Waals surface area (Å²) in [5, 5.41) is 8.25. The Hall–Kier alpha value is -3.34. The second-order valence-corrected chi connectivity index (χ2v) is 8.20. The number of ether oxygens (including phenoxy) is 2. The van der Waals surface area contributed by atoms with Crippen molar-refractivity contribution < 1.29 is 23.5 Å². The summed E-state index contributed by atoms with van der Waals surface area (Å²) < 4.78 is 24.2. The molecule has 0 aliphatic carbocycles. The van der Waals surface area contributed by atoms with Gasteiger partial charge in [0.05, 0.1) is 11.1 Å². The van der Waals surface area contributed by atoms with Crippen LogP contribution in [0.25, 0.3) is 0 Å². The van der Waals surface area contributed by atoms with E-state index in [4.69, 9.17) is 21.7 Å². The smallest absolute Gasteiger partial charge is 0.257 e. The van der Waals surface area contributed by atoms with E-state index >= 15 is 0 Å². The Morgan fingerprint density at radius 3 is 2.35 bits per heavy atom. The fourth-order valence-electron chi connectivity index (χ4n) is 2.81. The molecule has 0 aromatic heterocycles. The van der Waals surface area contributed by atoms with Crippen molar-refractivity contribution in [2.75, 3.05) is 31.0 Å². The Bertz CT molecular complexity index is 1190. The molecule has 0 spiro atoms. The molecule has 0 aliphatic rings. The Balaban J connectivity index is 1.58. The maximum absolute atomic E-state index is 13.0. The molecule has 0 saturated heterocycles. The fraction of sp³-hybridized carbons (Fsp3) is 0.125. The zero-order valence-electron chi connectivity index (χ0n) is 18.1. The molecule has 10 heteroatoms. The van der Waals surface area contributed by atoms with Gasteiger partial charge in [0.2, 0.25) is 0 Å². The van der Waals surface area contributed by atoms with Gasteiger partial charge < -0.3 is 20.1 Å². The van der Waals surface area contributed by atoms with Crippen LogP contribution in [0.2, 0.25) is 0 Å². The van der Waals surface area contributed by atoms with Gasteiger partial charge in [0.25, 0.3) is 11.8 Å². The minimum atomic E-state index is -0.410. The summed E-state index contributed by atoms with van der Waals surface area (Å²) in [6.45, 7) is 0.833. The van der Waals surface area contributed by atoms with E-state index in [1.165, 1.54) is 24.3 Å². The van der Waals surface area contributed by atoms with E-state index in [2.05, 4.69) is 31.9 Å². The van der Waals surface area contributed by atoms with E-state index in [0.29, 0.717) is 45.9 Å². The van der Waals surface area contributed by atoms with Gasteiger partial charge in [0.15, 0.2) is 5.11 Å². The van der Waals surface area contributed by atoms with Crippen LogP contribution in [0.1, 0.15) is 20.7 Å². The van der Waals surface area contributed by atoms with Crippen LogP contribution >= 0.6 is 28.1 Å². The molecule has 176 valence electrons. The van der Waals surface area contributed by atoms with Crippen molar-refractivity contribution in [3.05, 3.63) is 88.1 Å². The van der Waals surface area contributed by atoms with Crippen molar-refractivity contribution in [1.29, 1.82) is 0 Å². The van der Waals surface area contributed by atoms with Gasteiger partial charge >= 0.3 is 0 Å². The van der Waals surface area contributed by atoms with Crippen LogP contribution in [-0.2, 0) is 4.74 Å². The van der Waals surface area contributed by atoms with Gasteiger partial charge in [-0.15, -0.1) is 0 Å². The molecule has 0 heterocycles. The Morgan fingerprint density at radius 2 is 1.65 bits per heavy atom. The SMILES string of the molecule is COCCOc1ccc(C(=O)NC(=S)Nc2cccc(C(=O)Nc3ccc(F)cc3)c2)cc1Br. The van der Waals surface area contributed by atoms with E-state index in [1.807, 2.05) is 0 Å². The third kappa shape index (κ3) is 7.34. The fourth-order valence-corrected chi connectivity index (χ4v) is 3.51. The number of hydrogen-bond donors (Lipinski definition) is 3. The molecule has 3 rings (SSSR count). The first-order valence-electron chi connectivity index (χ1n) is 10.1. The first kappa shape index (κ1) is 25.3. The average molecular weight is 546 g/mol. The number of methoxy groups -OCH3 is 1. The average Bonchev–Trinajstić information content (AvgIpc) is 2.81. The predicted molar refractivity (Wildman–Crippen MR) is 136 cm³/mol. The number of halogens is 2. The molecule has 0 saturated carbocycles. The molecule has 0 aliphatic heterocycles. The van der Waals surface area contributed by atoms with Crippen LogP contribution in [0.15, 0.2) is 71.2 Å². The highest BCUT2D eigenvalue weighted by atomic mass is 79.9. The number of benzene rings is 3. The van der Waals surface area contributed by atoms with E-state index in [9.17, 15) is 14.0 Å². The van der Waals surface area contributed by atoms with Crippen molar-refractivity contribution >= 4 is 56.4 Å². The topological polar surface area (TPSA) is 88.7 Å². The highest BCUT2D eigenvalue weighted by Crippen LogP contribution is 2.26. The van der Waals surface area contributed by atoms with E-state index < -0.39 is 11.7 Å². The molecular formula is C24H21BrFN3O4S. The van der Waals surface area contributed by atoms with Crippen LogP contribution in [0.5, 0.6) is 5.75 Å². The lowest BCUT2D eigenvalue weighted by Crippen LogP contribution is -2.34. The second-order valence-electron chi connectivity index (χ2n) is 6.94. The Morgan fingerprint density at radius 1 is 0.912 bits per heavy atom. The van der Waals surface area contributed by atoms with E-state index in [-0.39, 0.29) is 11.0 Å². The molecule has 0 bridgehead atoms. The number of rotatable bonds is 8. The Kier molecular flexibility index (Phi) is 9.08. The zero-order chi connectivity index (χ0) is 24.5. The highest BCUT2D eigenvalue weighted by Gasteiger charge is 2.12. The molecule has 3 aromatic carbocycles. The van der Waals surface area contributed by atoms with Gasteiger partial charge in [-0.1, -0.05) is 6.07 Å². The van der Waals surface area contributed by atoms with Gasteiger partial charge in [-0.05, 0) is 88.8 Å². The number of anilines is 2. The summed E-state index contributed by atoms with van der Waals surface area (Å²) in [7, 11) is 1.59. The molecule has 0 radical (unpaired) electrons. The van der Waals surface area contributed by atoms with Gasteiger partial charge in [0, 0.05) is 29.6 Å². The molecule has 0 fully saturated rings. The Labute approximate surface area is 209 Å². The molecule has 3 N–H and O–H groups in total. The quantitative estimate of drug-likeness (QED) is 0.273. The molecule has 0 atom stereocenters. The van der Waals surface area contributed by atoms with Crippen LogP contribution in [-0.4, -0.2) is 37.3 Å². The molecular weight excluding hydrogens is 525 g/mol. The van der Waals surface area contributed by atoms with Crippen molar-refractivity contribution in [1.82, 2.24) is 5.32 Å². The number of carbonyl (C=O) groups excluding carboxylic acids is 2. The summed E-state index contributed by atoms with van der Waals surface area (Å²) in [4.78, 5) is 25.0. The van der Waals surface area contributed by atoms with E-state index in [1.54, 1.807) is 49.6 Å². The summed E-state index contributed by atoms with van der Waals surface area (Å²) in [5.41, 5.74) is 1.72. The first-order valence-corrected chi connectivity index (χ1v) is 11.3. The van der Waals surface area contributed by atoms with Crippen molar-refractivity contribution in [2.45, 2.75) is 0 Å². The first-order chi connectivity index (χ1) is 16.4. The lowest BCUT2D eigenvalue weighted by molar-refractivity contribution is 0.0976. The van der Waals surface area contributed by atoms with Crippen molar-refractivity contribution in [3.8, 4) is 5.75 Å². The summed E-state index contributed by atoms with van der Waals surface area (Å²) in [6.07, 6.45) is 0. The molecule has 2 amide bonds. The molecule has 3 aromatic rings. The van der Waals surface area contributed by atoms with Crippen molar-refractivity contribution in [2.24, 2.45) is 0 Å². The number of carbonyl (C=O) groups is 2. The minimum Gasteiger partial charge on any atom is -0.490 e. The lowest BCUT2D eigenvalue weighted by Gasteiger charge is -2.12. The number of nitrogens with one attached hydrogen (secondary N) is 3. The van der Waals surface area contributed by atoms with Crippen molar-refractivity contribution in [3.63, 3.8) is 0 Å². The highest BCUT2D eigenvalue weighted by molar-refractivity contribution is 9.10. The summed E-state index contributed by atoms with van der Waals surface area (Å²) >= 11 is 8.62. The summed E-state index contributed by atoms with van der Waals surface area (Å²) in [5.74, 6) is -0.585. The summed E-state index contributed by atoms with van der Waals surface area (Å²) in [6, 6.07) is 17.0. The number of amides is 2. The lowest BCUT2D eigenvalue weighted by atomic mass is 10.2. The maximum atomic E-state index is 13.0. The largest absolute Gasteiger partial charge is 0.490 e. The standard InChI is InChI=1S/C24H21BrFN3O4S/c1-32-11-12-33-21-10-5-16(14-20(21)25)23(31)29-24(34)28-19-4-2-3-15(13-19)22(30)27-18-8-6-17(26)7-9-18/h2-10,13-14H,11-12H2,1H3,(H,27,30)(H2,28,29,31,34). The van der Waals surface area contributed by atoms with Gasteiger partial charge in [-0.2, -0.15) is 0 Å². The van der Waals surface area contributed by atoms with E-state index in [0.717, 1.165) is 0 Å². The predicted octanol–water partition coefficient (Wildman–Crippen LogP) is 4.99. The van der Waals surface area contributed by atoms with Crippen LogP contribution in [0.3, 0.4) is 0 Å².